The van der Waals surface area contributed by atoms with E-state index in [1.165, 1.54) is 11.1 Å². The van der Waals surface area contributed by atoms with Crippen molar-refractivity contribution in [3.8, 4) is 0 Å². The first-order valence-corrected chi connectivity index (χ1v) is 8.02. The molecule has 1 aromatic rings. The van der Waals surface area contributed by atoms with E-state index in [0.29, 0.717) is 24.7 Å². The van der Waals surface area contributed by atoms with Gasteiger partial charge in [-0.3, -0.25) is 15.0 Å². The Hall–Kier alpha value is -2.48. The van der Waals surface area contributed by atoms with Crippen LogP contribution in [0.2, 0.25) is 0 Å². The summed E-state index contributed by atoms with van der Waals surface area (Å²) in [7, 11) is 2.04. The quantitative estimate of drug-likeness (QED) is 0.768. The molecule has 2 aliphatic rings. The molecule has 8 heteroatoms. The Labute approximate surface area is 141 Å². The van der Waals surface area contributed by atoms with E-state index in [0.717, 1.165) is 24.5 Å². The lowest BCUT2D eigenvalue weighted by Gasteiger charge is -2.31. The summed E-state index contributed by atoms with van der Waals surface area (Å²) in [6, 6.07) is 1.84. The number of carbonyl (C=O) groups is 2. The fraction of sp³-hybridized carbons (Fsp3) is 0.500. The molecule has 0 unspecified atom stereocenters. The number of hydrogen-bond donors (Lipinski definition) is 1. The molecule has 1 N–H and O–H groups in total. The van der Waals surface area contributed by atoms with Crippen molar-refractivity contribution >= 4 is 17.8 Å². The van der Waals surface area contributed by atoms with Gasteiger partial charge in [0.15, 0.2) is 0 Å². The summed E-state index contributed by atoms with van der Waals surface area (Å²) in [5, 5.41) is 1.31. The average molecular weight is 330 g/mol. The van der Waals surface area contributed by atoms with Crippen LogP contribution in [-0.4, -0.2) is 64.8 Å². The van der Waals surface area contributed by atoms with Gasteiger partial charge < -0.3 is 9.80 Å². The fourth-order valence-electron chi connectivity index (χ4n) is 2.81. The maximum atomic E-state index is 12.3. The molecule has 0 saturated carbocycles. The van der Waals surface area contributed by atoms with Gasteiger partial charge in [-0.15, -0.1) is 0 Å². The molecule has 8 nitrogen and oxygen atoms in total. The molecule has 0 bridgehead atoms. The van der Waals surface area contributed by atoms with Crippen molar-refractivity contribution in [1.29, 1.82) is 0 Å². The number of likely N-dealkylation sites (N-methyl/N-ethyl adjacent to an activating group) is 1. The highest BCUT2D eigenvalue weighted by Gasteiger charge is 2.29. The number of nitrogens with one attached hydrogen (secondary N) is 1. The zero-order valence-electron chi connectivity index (χ0n) is 14.2. The number of aromatic nitrogens is 2. The third-order valence-corrected chi connectivity index (χ3v) is 4.13. The van der Waals surface area contributed by atoms with Crippen molar-refractivity contribution in [3.05, 3.63) is 29.2 Å². The number of rotatable bonds is 2. The van der Waals surface area contributed by atoms with Crippen molar-refractivity contribution in [2.45, 2.75) is 20.3 Å². The van der Waals surface area contributed by atoms with Crippen LogP contribution >= 0.6 is 0 Å². The molecule has 0 radical (unpaired) electrons. The minimum absolute atomic E-state index is 0.0680. The summed E-state index contributed by atoms with van der Waals surface area (Å²) >= 11 is 0. The Kier molecular flexibility index (Phi) is 4.48. The number of hydrogen-bond acceptors (Lipinski definition) is 6. The van der Waals surface area contributed by atoms with Crippen molar-refractivity contribution < 1.29 is 9.59 Å². The molecule has 1 aromatic heterocycles. The Morgan fingerprint density at radius 3 is 2.42 bits per heavy atom. The van der Waals surface area contributed by atoms with Crippen LogP contribution in [0.1, 0.15) is 17.8 Å². The average Bonchev–Trinajstić information content (AvgIpc) is 2.87. The van der Waals surface area contributed by atoms with Gasteiger partial charge in [0.25, 0.3) is 11.9 Å². The number of anilines is 1. The molecular weight excluding hydrogens is 308 g/mol. The van der Waals surface area contributed by atoms with Gasteiger partial charge in [-0.1, -0.05) is 0 Å². The van der Waals surface area contributed by atoms with Crippen molar-refractivity contribution in [1.82, 2.24) is 25.2 Å². The fourth-order valence-corrected chi connectivity index (χ4v) is 2.81. The smallest absolute Gasteiger partial charge is 0.254 e. The molecule has 0 aliphatic carbocycles. The van der Waals surface area contributed by atoms with Gasteiger partial charge in [-0.05, 0) is 27.0 Å². The maximum Gasteiger partial charge on any atom is 0.254 e. The van der Waals surface area contributed by atoms with Crippen LogP contribution in [-0.2, 0) is 9.59 Å². The largest absolute Gasteiger partial charge is 0.337 e. The van der Waals surface area contributed by atoms with E-state index in [4.69, 9.17) is 0 Å². The van der Waals surface area contributed by atoms with E-state index in [1.54, 1.807) is 4.90 Å². The first-order valence-electron chi connectivity index (χ1n) is 8.02. The number of nitrogens with zero attached hydrogens (tertiary/aromatic N) is 5. The van der Waals surface area contributed by atoms with E-state index in [2.05, 4.69) is 20.3 Å². The Morgan fingerprint density at radius 1 is 1.17 bits per heavy atom. The van der Waals surface area contributed by atoms with Gasteiger partial charge in [-0.2, -0.15) is 5.01 Å². The molecule has 3 heterocycles. The zero-order chi connectivity index (χ0) is 17.3. The molecule has 2 saturated heterocycles. The number of piperazine rings is 1. The Balaban J connectivity index is 1.71. The molecular formula is C16H22N6O2. The van der Waals surface area contributed by atoms with E-state index >= 15 is 0 Å². The van der Waals surface area contributed by atoms with Crippen LogP contribution in [0, 0.1) is 13.8 Å². The summed E-state index contributed by atoms with van der Waals surface area (Å²) < 4.78 is 0. The number of hydrazine groups is 1. The lowest BCUT2D eigenvalue weighted by Crippen LogP contribution is -2.46. The Bertz CT molecular complexity index is 674. The summed E-state index contributed by atoms with van der Waals surface area (Å²) in [6.45, 7) is 6.85. The molecule has 24 heavy (non-hydrogen) atoms. The molecule has 2 amide bonds. The lowest BCUT2D eigenvalue weighted by atomic mass is 10.2. The predicted molar refractivity (Wildman–Crippen MR) is 88.9 cm³/mol. The van der Waals surface area contributed by atoms with Crippen LogP contribution < -0.4 is 10.4 Å². The third kappa shape index (κ3) is 3.53. The highest BCUT2D eigenvalue weighted by Crippen LogP contribution is 2.18. The van der Waals surface area contributed by atoms with E-state index < -0.39 is 0 Å². The summed E-state index contributed by atoms with van der Waals surface area (Å²) in [6.07, 6.45) is 1.65. The summed E-state index contributed by atoms with van der Waals surface area (Å²) in [5.41, 5.74) is 5.11. The Morgan fingerprint density at radius 2 is 1.79 bits per heavy atom. The molecule has 0 spiro atoms. The van der Waals surface area contributed by atoms with Crippen LogP contribution in [0.3, 0.4) is 0 Å². The predicted octanol–water partition coefficient (Wildman–Crippen LogP) is -0.00736. The number of amides is 2. The van der Waals surface area contributed by atoms with Gasteiger partial charge in [0.1, 0.15) is 0 Å². The SMILES string of the molecule is Cc1cc(C)nc(N2N/C(=C\C(=O)N3CCN(C)CC3)CC2=O)n1. The molecule has 128 valence electrons. The minimum atomic E-state index is -0.169. The van der Waals surface area contributed by atoms with Crippen molar-refractivity contribution in [3.63, 3.8) is 0 Å². The second-order valence-electron chi connectivity index (χ2n) is 6.27. The standard InChI is InChI=1S/C16H22N6O2/c1-11-8-12(2)18-16(17-11)22-15(24)10-13(19-22)9-14(23)21-6-4-20(3)5-7-21/h8-9,19H,4-7,10H2,1-3H3/b13-9-. The second kappa shape index (κ2) is 6.56. The van der Waals surface area contributed by atoms with Gasteiger partial charge in [-0.25, -0.2) is 9.97 Å². The van der Waals surface area contributed by atoms with Gasteiger partial charge in [0, 0.05) is 49.3 Å². The number of aryl methyl sites for hydroxylation is 2. The van der Waals surface area contributed by atoms with Crippen LogP contribution in [0.15, 0.2) is 17.8 Å². The van der Waals surface area contributed by atoms with Crippen LogP contribution in [0.25, 0.3) is 0 Å². The number of carbonyl (C=O) groups excluding carboxylic acids is 2. The first kappa shape index (κ1) is 16.4. The van der Waals surface area contributed by atoms with E-state index in [9.17, 15) is 9.59 Å². The van der Waals surface area contributed by atoms with Gasteiger partial charge in [0.05, 0.1) is 6.42 Å². The first-order chi connectivity index (χ1) is 11.4. The normalized spacial score (nSPS) is 20.6. The highest BCUT2D eigenvalue weighted by molar-refractivity contribution is 5.97. The molecule has 0 aromatic carbocycles. The van der Waals surface area contributed by atoms with E-state index in [-0.39, 0.29) is 18.2 Å². The zero-order valence-corrected chi connectivity index (χ0v) is 14.2. The van der Waals surface area contributed by atoms with E-state index in [1.807, 2.05) is 27.0 Å². The topological polar surface area (TPSA) is 81.7 Å². The van der Waals surface area contributed by atoms with Crippen LogP contribution in [0.5, 0.6) is 0 Å². The maximum absolute atomic E-state index is 12.3. The molecule has 2 fully saturated rings. The lowest BCUT2D eigenvalue weighted by molar-refractivity contribution is -0.127. The van der Waals surface area contributed by atoms with Crippen LogP contribution in [0.4, 0.5) is 5.95 Å². The minimum Gasteiger partial charge on any atom is -0.337 e. The van der Waals surface area contributed by atoms with Gasteiger partial charge >= 0.3 is 0 Å². The summed E-state index contributed by atoms with van der Waals surface area (Å²) in [4.78, 5) is 37.1. The molecule has 0 atom stereocenters. The van der Waals surface area contributed by atoms with Gasteiger partial charge in [0.2, 0.25) is 5.91 Å². The molecule has 3 rings (SSSR count). The summed E-state index contributed by atoms with van der Waals surface area (Å²) in [5.74, 6) is 0.0759. The van der Waals surface area contributed by atoms with Crippen molar-refractivity contribution in [2.75, 3.05) is 38.2 Å². The second-order valence-corrected chi connectivity index (χ2v) is 6.27. The molecule has 2 aliphatic heterocycles. The highest BCUT2D eigenvalue weighted by atomic mass is 16.2. The van der Waals surface area contributed by atoms with Crippen molar-refractivity contribution in [2.24, 2.45) is 0 Å². The monoisotopic (exact) mass is 330 g/mol. The third-order valence-electron chi connectivity index (χ3n) is 4.13.